The number of aromatic nitrogens is 2. The smallest absolute Gasteiger partial charge is 0.277 e. The van der Waals surface area contributed by atoms with Crippen molar-refractivity contribution in [3.8, 4) is 5.75 Å². The summed E-state index contributed by atoms with van der Waals surface area (Å²) < 4.78 is 24.2. The summed E-state index contributed by atoms with van der Waals surface area (Å²) in [5, 5.41) is 11.1. The number of hydrogen-bond acceptors (Lipinski definition) is 6. The van der Waals surface area contributed by atoms with Gasteiger partial charge in [-0.15, -0.1) is 10.2 Å². The van der Waals surface area contributed by atoms with Gasteiger partial charge in [0.15, 0.2) is 6.61 Å². The van der Waals surface area contributed by atoms with Gasteiger partial charge in [-0.1, -0.05) is 41.6 Å². The van der Waals surface area contributed by atoms with Crippen LogP contribution in [-0.2, 0) is 11.4 Å². The number of nitrogens with zero attached hydrogens (tertiary/aromatic N) is 2. The molecule has 1 amide bonds. The molecule has 1 heterocycles. The Bertz CT molecular complexity index is 951. The number of carbonyl (C=O) groups excluding carboxylic acids is 1. The molecule has 0 atom stereocenters. The van der Waals surface area contributed by atoms with Gasteiger partial charge in [-0.05, 0) is 36.8 Å². The molecule has 0 unspecified atom stereocenters. The van der Waals surface area contributed by atoms with E-state index in [0.717, 1.165) is 17.3 Å². The lowest BCUT2D eigenvalue weighted by atomic mass is 10.2. The lowest BCUT2D eigenvalue weighted by Crippen LogP contribution is -2.15. The van der Waals surface area contributed by atoms with Crippen molar-refractivity contribution < 1.29 is 18.3 Å². The second kappa shape index (κ2) is 8.88. The van der Waals surface area contributed by atoms with E-state index in [-0.39, 0.29) is 29.4 Å². The standard InChI is InChI=1S/C18H15ClFN3O3S/c1-11-6-7-12(20)8-14(11)21-16(24)10-27-18-23-22-17(26-18)9-25-15-5-3-2-4-13(15)19/h2-8H,9-10H2,1H3,(H,21,24). The van der Waals surface area contributed by atoms with Crippen LogP contribution in [0.1, 0.15) is 11.5 Å². The molecule has 1 N–H and O–H groups in total. The van der Waals surface area contributed by atoms with Gasteiger partial charge >= 0.3 is 0 Å². The average molecular weight is 408 g/mol. The summed E-state index contributed by atoms with van der Waals surface area (Å²) in [6.45, 7) is 1.84. The van der Waals surface area contributed by atoms with Crippen LogP contribution in [-0.4, -0.2) is 21.9 Å². The van der Waals surface area contributed by atoms with Gasteiger partial charge in [-0.2, -0.15) is 0 Å². The van der Waals surface area contributed by atoms with Gasteiger partial charge < -0.3 is 14.5 Å². The fourth-order valence-electron chi connectivity index (χ4n) is 2.10. The second-order valence-corrected chi connectivity index (χ2v) is 6.81. The van der Waals surface area contributed by atoms with E-state index >= 15 is 0 Å². The molecule has 0 bridgehead atoms. The maximum absolute atomic E-state index is 13.3. The van der Waals surface area contributed by atoms with E-state index in [9.17, 15) is 9.18 Å². The molecule has 0 aliphatic rings. The van der Waals surface area contributed by atoms with Crippen LogP contribution in [0.5, 0.6) is 5.75 Å². The first-order valence-electron chi connectivity index (χ1n) is 7.90. The van der Waals surface area contributed by atoms with Crippen LogP contribution in [0.3, 0.4) is 0 Å². The summed E-state index contributed by atoms with van der Waals surface area (Å²) in [5.41, 5.74) is 1.20. The fraction of sp³-hybridized carbons (Fsp3) is 0.167. The molecule has 0 spiro atoms. The third-order valence-corrected chi connectivity index (χ3v) is 4.57. The number of ether oxygens (including phenoxy) is 1. The van der Waals surface area contributed by atoms with Crippen LogP contribution in [0.2, 0.25) is 5.02 Å². The van der Waals surface area contributed by atoms with E-state index < -0.39 is 5.82 Å². The van der Waals surface area contributed by atoms with E-state index in [4.69, 9.17) is 20.8 Å². The molecule has 0 saturated heterocycles. The number of aryl methyl sites for hydroxylation is 1. The largest absolute Gasteiger partial charge is 0.482 e. The van der Waals surface area contributed by atoms with E-state index in [1.807, 2.05) is 0 Å². The van der Waals surface area contributed by atoms with Crippen molar-refractivity contribution >= 4 is 35.0 Å². The highest BCUT2D eigenvalue weighted by Crippen LogP contribution is 2.24. The quantitative estimate of drug-likeness (QED) is 0.582. The molecule has 9 heteroatoms. The number of benzene rings is 2. The Labute approximate surface area is 164 Å². The van der Waals surface area contributed by atoms with E-state index in [1.54, 1.807) is 37.3 Å². The molecule has 27 heavy (non-hydrogen) atoms. The number of carbonyl (C=O) groups is 1. The van der Waals surface area contributed by atoms with Crippen molar-refractivity contribution in [2.24, 2.45) is 0 Å². The Hall–Kier alpha value is -2.58. The molecule has 140 valence electrons. The summed E-state index contributed by atoms with van der Waals surface area (Å²) in [4.78, 5) is 12.0. The fourth-order valence-corrected chi connectivity index (χ4v) is 2.87. The maximum Gasteiger partial charge on any atom is 0.277 e. The van der Waals surface area contributed by atoms with E-state index in [2.05, 4.69) is 15.5 Å². The minimum absolute atomic E-state index is 0.0446. The van der Waals surface area contributed by atoms with Crippen molar-refractivity contribution in [3.63, 3.8) is 0 Å². The highest BCUT2D eigenvalue weighted by molar-refractivity contribution is 7.99. The second-order valence-electron chi connectivity index (χ2n) is 5.48. The van der Waals surface area contributed by atoms with Crippen molar-refractivity contribution in [1.29, 1.82) is 0 Å². The third kappa shape index (κ3) is 5.45. The molecule has 3 rings (SSSR count). The Morgan fingerprint density at radius 2 is 2.11 bits per heavy atom. The Morgan fingerprint density at radius 1 is 1.30 bits per heavy atom. The molecular formula is C18H15ClFN3O3S. The summed E-state index contributed by atoms with van der Waals surface area (Å²) in [6, 6.07) is 11.3. The summed E-state index contributed by atoms with van der Waals surface area (Å²) in [5.74, 6) is 0.0998. The van der Waals surface area contributed by atoms with Crippen molar-refractivity contribution in [3.05, 3.63) is 64.8 Å². The predicted molar refractivity (Wildman–Crippen MR) is 101 cm³/mol. The topological polar surface area (TPSA) is 77.2 Å². The summed E-state index contributed by atoms with van der Waals surface area (Å²) >= 11 is 7.08. The molecule has 3 aromatic rings. The zero-order valence-corrected chi connectivity index (χ0v) is 15.8. The van der Waals surface area contributed by atoms with Crippen LogP contribution >= 0.6 is 23.4 Å². The number of rotatable bonds is 7. The number of para-hydroxylation sites is 1. The molecule has 1 aromatic heterocycles. The van der Waals surface area contributed by atoms with Crippen LogP contribution in [0.25, 0.3) is 0 Å². The number of amides is 1. The first-order valence-corrected chi connectivity index (χ1v) is 9.26. The van der Waals surface area contributed by atoms with Crippen LogP contribution < -0.4 is 10.1 Å². The minimum atomic E-state index is -0.413. The Kier molecular flexibility index (Phi) is 6.31. The van der Waals surface area contributed by atoms with Gasteiger partial charge in [0.2, 0.25) is 5.91 Å². The third-order valence-electron chi connectivity index (χ3n) is 3.44. The Morgan fingerprint density at radius 3 is 2.93 bits per heavy atom. The van der Waals surface area contributed by atoms with E-state index in [0.29, 0.717) is 16.5 Å². The highest BCUT2D eigenvalue weighted by Gasteiger charge is 2.12. The molecule has 2 aromatic carbocycles. The van der Waals surface area contributed by atoms with Crippen LogP contribution in [0, 0.1) is 12.7 Å². The Balaban J connectivity index is 1.50. The first-order chi connectivity index (χ1) is 13.0. The zero-order valence-electron chi connectivity index (χ0n) is 14.2. The van der Waals surface area contributed by atoms with Crippen LogP contribution in [0.4, 0.5) is 10.1 Å². The monoisotopic (exact) mass is 407 g/mol. The van der Waals surface area contributed by atoms with Gasteiger partial charge in [0.25, 0.3) is 11.1 Å². The molecule has 0 aliphatic heterocycles. The van der Waals surface area contributed by atoms with Gasteiger partial charge in [0.05, 0.1) is 10.8 Å². The van der Waals surface area contributed by atoms with Crippen molar-refractivity contribution in [2.45, 2.75) is 18.8 Å². The van der Waals surface area contributed by atoms with Crippen LogP contribution in [0.15, 0.2) is 52.1 Å². The average Bonchev–Trinajstić information content (AvgIpc) is 3.10. The maximum atomic E-state index is 13.3. The lowest BCUT2D eigenvalue weighted by Gasteiger charge is -2.07. The summed E-state index contributed by atoms with van der Waals surface area (Å²) in [6.07, 6.45) is 0. The van der Waals surface area contributed by atoms with Gasteiger partial charge in [-0.3, -0.25) is 4.79 Å². The number of hydrogen-bond donors (Lipinski definition) is 1. The SMILES string of the molecule is Cc1ccc(F)cc1NC(=O)CSc1nnc(COc2ccccc2Cl)o1. The normalized spacial score (nSPS) is 10.6. The molecular weight excluding hydrogens is 393 g/mol. The molecule has 0 radical (unpaired) electrons. The number of anilines is 1. The minimum Gasteiger partial charge on any atom is -0.482 e. The van der Waals surface area contributed by atoms with E-state index in [1.165, 1.54) is 12.1 Å². The number of halogens is 2. The molecule has 6 nitrogen and oxygen atoms in total. The van der Waals surface area contributed by atoms with Crippen molar-refractivity contribution in [1.82, 2.24) is 10.2 Å². The van der Waals surface area contributed by atoms with Crippen molar-refractivity contribution in [2.75, 3.05) is 11.1 Å². The highest BCUT2D eigenvalue weighted by atomic mass is 35.5. The van der Waals surface area contributed by atoms with Gasteiger partial charge in [0.1, 0.15) is 11.6 Å². The number of nitrogens with one attached hydrogen (secondary N) is 1. The zero-order chi connectivity index (χ0) is 19.2. The number of thioether (sulfide) groups is 1. The molecule has 0 aliphatic carbocycles. The molecule has 0 saturated carbocycles. The van der Waals surface area contributed by atoms with Gasteiger partial charge in [-0.25, -0.2) is 4.39 Å². The summed E-state index contributed by atoms with van der Waals surface area (Å²) in [7, 11) is 0. The lowest BCUT2D eigenvalue weighted by molar-refractivity contribution is -0.113. The first kappa shape index (κ1) is 19.2. The van der Waals surface area contributed by atoms with Gasteiger partial charge in [0, 0.05) is 5.69 Å². The molecule has 0 fully saturated rings. The predicted octanol–water partition coefficient (Wildman–Crippen LogP) is 4.48.